The number of carbonyl (C=O) groups excluding carboxylic acids is 1. The summed E-state index contributed by atoms with van der Waals surface area (Å²) in [7, 11) is 1.52. The van der Waals surface area contributed by atoms with Gasteiger partial charge in [0.1, 0.15) is 11.9 Å². The molecule has 1 aliphatic rings. The molecule has 2 rings (SSSR count). The number of nitrogens with one attached hydrogen (secondary N) is 1. The van der Waals surface area contributed by atoms with Gasteiger partial charge in [0.2, 0.25) is 5.91 Å². The Morgan fingerprint density at radius 2 is 2.35 bits per heavy atom. The summed E-state index contributed by atoms with van der Waals surface area (Å²) in [5, 5.41) is 11.0. The molecule has 6 heteroatoms. The van der Waals surface area contributed by atoms with Crippen molar-refractivity contribution in [3.8, 4) is 0 Å². The summed E-state index contributed by atoms with van der Waals surface area (Å²) in [4.78, 5) is 11.5. The third kappa shape index (κ3) is 2.63. The van der Waals surface area contributed by atoms with Gasteiger partial charge in [-0.05, 0) is 19.8 Å². The van der Waals surface area contributed by atoms with E-state index in [-0.39, 0.29) is 5.91 Å². The number of nitrogens with zero attached hydrogens (tertiary/aromatic N) is 3. The lowest BCUT2D eigenvalue weighted by atomic mass is 10.2. The molecule has 17 heavy (non-hydrogen) atoms. The number of hydrogen-bond acceptors (Lipinski definition) is 4. The molecule has 0 fully saturated rings. The number of ether oxygens (including phenoxy) is 1. The minimum absolute atomic E-state index is 0.124. The van der Waals surface area contributed by atoms with Gasteiger partial charge in [-0.3, -0.25) is 4.79 Å². The third-order valence-electron chi connectivity index (χ3n) is 3.08. The molecule has 1 aromatic rings. The van der Waals surface area contributed by atoms with Gasteiger partial charge in [-0.15, -0.1) is 10.2 Å². The molecule has 0 radical (unpaired) electrons. The first-order valence-electron chi connectivity index (χ1n) is 5.94. The van der Waals surface area contributed by atoms with Crippen LogP contribution in [0.3, 0.4) is 0 Å². The molecule has 1 atom stereocenters. The maximum atomic E-state index is 11.5. The second kappa shape index (κ2) is 5.27. The summed E-state index contributed by atoms with van der Waals surface area (Å²) < 4.78 is 7.04. The van der Waals surface area contributed by atoms with Gasteiger partial charge in [-0.2, -0.15) is 0 Å². The van der Waals surface area contributed by atoms with Gasteiger partial charge >= 0.3 is 0 Å². The zero-order valence-corrected chi connectivity index (χ0v) is 10.3. The Balaban J connectivity index is 1.95. The molecule has 1 aromatic heterocycles. The SMILES string of the molecule is CO[C@@H](C)C(=O)NCc1nnc2n1CCCC2. The van der Waals surface area contributed by atoms with E-state index in [4.69, 9.17) is 4.74 Å². The molecular formula is C11H18N4O2. The molecule has 0 bridgehead atoms. The minimum Gasteiger partial charge on any atom is -0.372 e. The molecule has 1 amide bonds. The van der Waals surface area contributed by atoms with Crippen LogP contribution in [0.2, 0.25) is 0 Å². The van der Waals surface area contributed by atoms with Crippen molar-refractivity contribution in [2.24, 2.45) is 0 Å². The van der Waals surface area contributed by atoms with Crippen molar-refractivity contribution in [1.29, 1.82) is 0 Å². The molecule has 1 aliphatic heterocycles. The number of fused-ring (bicyclic) bond motifs is 1. The number of carbonyl (C=O) groups is 1. The summed E-state index contributed by atoms with van der Waals surface area (Å²) in [5.74, 6) is 1.73. The average Bonchev–Trinajstić information content (AvgIpc) is 2.78. The van der Waals surface area contributed by atoms with E-state index in [9.17, 15) is 4.79 Å². The van der Waals surface area contributed by atoms with Crippen molar-refractivity contribution < 1.29 is 9.53 Å². The molecular weight excluding hydrogens is 220 g/mol. The lowest BCUT2D eigenvalue weighted by Gasteiger charge is -2.15. The number of aromatic nitrogens is 3. The molecule has 94 valence electrons. The highest BCUT2D eigenvalue weighted by molar-refractivity contribution is 5.80. The van der Waals surface area contributed by atoms with Crippen LogP contribution in [0.15, 0.2) is 0 Å². The molecule has 0 aromatic carbocycles. The highest BCUT2D eigenvalue weighted by atomic mass is 16.5. The zero-order valence-electron chi connectivity index (χ0n) is 10.3. The van der Waals surface area contributed by atoms with Crippen LogP contribution >= 0.6 is 0 Å². The summed E-state index contributed by atoms with van der Waals surface area (Å²) in [6.07, 6.45) is 2.87. The van der Waals surface area contributed by atoms with Crippen molar-refractivity contribution in [3.05, 3.63) is 11.6 Å². The first kappa shape index (κ1) is 12.0. The highest BCUT2D eigenvalue weighted by Gasteiger charge is 2.17. The molecule has 0 saturated heterocycles. The first-order chi connectivity index (χ1) is 8.22. The van der Waals surface area contributed by atoms with E-state index in [0.29, 0.717) is 6.54 Å². The molecule has 2 heterocycles. The minimum atomic E-state index is -0.432. The Kier molecular flexibility index (Phi) is 3.73. The van der Waals surface area contributed by atoms with Crippen molar-refractivity contribution in [3.63, 3.8) is 0 Å². The van der Waals surface area contributed by atoms with Crippen molar-refractivity contribution >= 4 is 5.91 Å². The van der Waals surface area contributed by atoms with Crippen LogP contribution in [0.1, 0.15) is 31.4 Å². The molecule has 0 aliphatic carbocycles. The van der Waals surface area contributed by atoms with E-state index >= 15 is 0 Å². The molecule has 0 unspecified atom stereocenters. The largest absolute Gasteiger partial charge is 0.372 e. The van der Waals surface area contributed by atoms with Crippen LogP contribution in [0.25, 0.3) is 0 Å². The van der Waals surface area contributed by atoms with Crippen LogP contribution in [-0.4, -0.2) is 33.9 Å². The molecule has 0 spiro atoms. The number of rotatable bonds is 4. The standard InChI is InChI=1S/C11H18N4O2/c1-8(17-2)11(16)12-7-10-14-13-9-5-3-4-6-15(9)10/h8H,3-7H2,1-2H3,(H,12,16)/t8-/m0/s1. The van der Waals surface area contributed by atoms with Crippen LogP contribution in [0.5, 0.6) is 0 Å². The molecule has 1 N–H and O–H groups in total. The number of methoxy groups -OCH3 is 1. The van der Waals surface area contributed by atoms with Gasteiger partial charge in [-0.1, -0.05) is 0 Å². The fourth-order valence-corrected chi connectivity index (χ4v) is 1.92. The summed E-state index contributed by atoms with van der Waals surface area (Å²) in [6, 6.07) is 0. The van der Waals surface area contributed by atoms with E-state index in [0.717, 1.165) is 31.0 Å². The zero-order chi connectivity index (χ0) is 12.3. The Hall–Kier alpha value is -1.43. The van der Waals surface area contributed by atoms with Gasteiger partial charge in [0.15, 0.2) is 5.82 Å². The van der Waals surface area contributed by atoms with Crippen LogP contribution < -0.4 is 5.32 Å². The first-order valence-corrected chi connectivity index (χ1v) is 5.94. The van der Waals surface area contributed by atoms with Gasteiger partial charge in [0, 0.05) is 20.1 Å². The predicted molar refractivity (Wildman–Crippen MR) is 61.3 cm³/mol. The van der Waals surface area contributed by atoms with E-state index in [1.807, 2.05) is 0 Å². The average molecular weight is 238 g/mol. The van der Waals surface area contributed by atoms with Gasteiger partial charge < -0.3 is 14.6 Å². The van der Waals surface area contributed by atoms with Crippen molar-refractivity contribution in [2.45, 2.75) is 45.4 Å². The quantitative estimate of drug-likeness (QED) is 0.817. The second-order valence-electron chi connectivity index (χ2n) is 4.24. The maximum Gasteiger partial charge on any atom is 0.249 e. The molecule has 0 saturated carbocycles. The van der Waals surface area contributed by atoms with E-state index in [1.165, 1.54) is 13.5 Å². The lowest BCUT2D eigenvalue weighted by molar-refractivity contribution is -0.130. The maximum absolute atomic E-state index is 11.5. The Morgan fingerprint density at radius 3 is 3.12 bits per heavy atom. The predicted octanol–water partition coefficient (Wildman–Crippen LogP) is 0.265. The Bertz CT molecular complexity index is 402. The summed E-state index contributed by atoms with van der Waals surface area (Å²) >= 11 is 0. The lowest BCUT2D eigenvalue weighted by Crippen LogP contribution is -2.34. The van der Waals surface area contributed by atoms with E-state index < -0.39 is 6.10 Å². The fraction of sp³-hybridized carbons (Fsp3) is 0.727. The highest BCUT2D eigenvalue weighted by Crippen LogP contribution is 2.13. The van der Waals surface area contributed by atoms with Gasteiger partial charge in [0.25, 0.3) is 0 Å². The monoisotopic (exact) mass is 238 g/mol. The Labute approximate surface area is 100 Å². The van der Waals surface area contributed by atoms with Crippen molar-refractivity contribution in [2.75, 3.05) is 7.11 Å². The topological polar surface area (TPSA) is 69.0 Å². The van der Waals surface area contributed by atoms with Crippen LogP contribution in [0.4, 0.5) is 0 Å². The summed E-state index contributed by atoms with van der Waals surface area (Å²) in [6.45, 7) is 3.08. The molecule has 6 nitrogen and oxygen atoms in total. The van der Waals surface area contributed by atoms with Gasteiger partial charge in [-0.25, -0.2) is 0 Å². The van der Waals surface area contributed by atoms with Gasteiger partial charge in [0.05, 0.1) is 6.54 Å². The smallest absolute Gasteiger partial charge is 0.249 e. The van der Waals surface area contributed by atoms with E-state index in [2.05, 4.69) is 20.1 Å². The number of hydrogen-bond donors (Lipinski definition) is 1. The van der Waals surface area contributed by atoms with Crippen molar-refractivity contribution in [1.82, 2.24) is 20.1 Å². The third-order valence-corrected chi connectivity index (χ3v) is 3.08. The van der Waals surface area contributed by atoms with Crippen LogP contribution in [0, 0.1) is 0 Å². The second-order valence-corrected chi connectivity index (χ2v) is 4.24. The summed E-state index contributed by atoms with van der Waals surface area (Å²) in [5.41, 5.74) is 0. The Morgan fingerprint density at radius 1 is 1.53 bits per heavy atom. The fourth-order valence-electron chi connectivity index (χ4n) is 1.92. The normalized spacial score (nSPS) is 16.4. The van der Waals surface area contributed by atoms with E-state index in [1.54, 1.807) is 6.92 Å². The van der Waals surface area contributed by atoms with Crippen LogP contribution in [-0.2, 0) is 29.0 Å². The number of aryl methyl sites for hydroxylation is 1. The number of amides is 1.